The van der Waals surface area contributed by atoms with Crippen molar-refractivity contribution in [3.8, 4) is 0 Å². The predicted molar refractivity (Wildman–Crippen MR) is 72.3 cm³/mol. The van der Waals surface area contributed by atoms with Crippen molar-refractivity contribution in [1.29, 1.82) is 0 Å². The van der Waals surface area contributed by atoms with E-state index in [1.165, 1.54) is 12.8 Å². The second kappa shape index (κ2) is 5.33. The van der Waals surface area contributed by atoms with Crippen molar-refractivity contribution < 1.29 is 9.53 Å². The lowest BCUT2D eigenvalue weighted by atomic mass is 9.73. The van der Waals surface area contributed by atoms with Crippen molar-refractivity contribution >= 4 is 6.09 Å². The molecule has 0 spiro atoms. The summed E-state index contributed by atoms with van der Waals surface area (Å²) in [4.78, 5) is 13.9. The monoisotopic (exact) mass is 251 g/mol. The van der Waals surface area contributed by atoms with Crippen molar-refractivity contribution in [1.82, 2.24) is 4.90 Å². The standard InChI is InChI=1S/C15H25NO2/c1-5-12-9-18-15(17)16(12)14-8-11(4)6-7-13(14)10(2)3/h5,10-14H,1,6-9H2,2-4H3. The lowest BCUT2D eigenvalue weighted by molar-refractivity contribution is 0.0746. The van der Waals surface area contributed by atoms with E-state index >= 15 is 0 Å². The number of amides is 1. The molecule has 0 radical (unpaired) electrons. The minimum atomic E-state index is -0.148. The maximum absolute atomic E-state index is 12.0. The van der Waals surface area contributed by atoms with Gasteiger partial charge in [-0.1, -0.05) is 33.3 Å². The molecule has 3 nitrogen and oxygen atoms in total. The molecule has 0 aromatic rings. The molecule has 1 saturated carbocycles. The van der Waals surface area contributed by atoms with Crippen LogP contribution in [0.4, 0.5) is 4.79 Å². The summed E-state index contributed by atoms with van der Waals surface area (Å²) in [5, 5.41) is 0. The van der Waals surface area contributed by atoms with E-state index in [9.17, 15) is 4.79 Å². The zero-order valence-electron chi connectivity index (χ0n) is 11.8. The SMILES string of the molecule is C=CC1COC(=O)N1C1CC(C)CCC1C(C)C. The van der Waals surface area contributed by atoms with Crippen LogP contribution in [0.5, 0.6) is 0 Å². The Morgan fingerprint density at radius 3 is 2.78 bits per heavy atom. The lowest BCUT2D eigenvalue weighted by Crippen LogP contribution is -2.49. The summed E-state index contributed by atoms with van der Waals surface area (Å²) in [7, 11) is 0. The molecule has 0 N–H and O–H groups in total. The van der Waals surface area contributed by atoms with Gasteiger partial charge in [-0.05, 0) is 30.6 Å². The van der Waals surface area contributed by atoms with E-state index in [1.54, 1.807) is 0 Å². The van der Waals surface area contributed by atoms with Crippen LogP contribution in [0, 0.1) is 17.8 Å². The first kappa shape index (κ1) is 13.4. The number of hydrogen-bond acceptors (Lipinski definition) is 2. The first-order valence-electron chi connectivity index (χ1n) is 7.12. The Hall–Kier alpha value is -0.990. The van der Waals surface area contributed by atoms with Crippen LogP contribution in [0.2, 0.25) is 0 Å². The van der Waals surface area contributed by atoms with Gasteiger partial charge in [0.1, 0.15) is 6.61 Å². The van der Waals surface area contributed by atoms with Gasteiger partial charge in [-0.3, -0.25) is 4.90 Å². The van der Waals surface area contributed by atoms with Crippen molar-refractivity contribution in [2.24, 2.45) is 17.8 Å². The van der Waals surface area contributed by atoms with Crippen molar-refractivity contribution in [3.63, 3.8) is 0 Å². The molecule has 0 aromatic carbocycles. The quantitative estimate of drug-likeness (QED) is 0.719. The number of hydrogen-bond donors (Lipinski definition) is 0. The van der Waals surface area contributed by atoms with E-state index in [0.717, 1.165) is 6.42 Å². The summed E-state index contributed by atoms with van der Waals surface area (Å²) in [6.07, 6.45) is 5.30. The maximum Gasteiger partial charge on any atom is 0.410 e. The van der Waals surface area contributed by atoms with Crippen LogP contribution >= 0.6 is 0 Å². The number of rotatable bonds is 3. The van der Waals surface area contributed by atoms with Crippen LogP contribution in [0.15, 0.2) is 12.7 Å². The van der Waals surface area contributed by atoms with Crippen LogP contribution in [0.1, 0.15) is 40.0 Å². The van der Waals surface area contributed by atoms with E-state index in [2.05, 4.69) is 27.4 Å². The zero-order chi connectivity index (χ0) is 13.3. The van der Waals surface area contributed by atoms with Crippen LogP contribution in [0.25, 0.3) is 0 Å². The Morgan fingerprint density at radius 2 is 2.17 bits per heavy atom. The van der Waals surface area contributed by atoms with Gasteiger partial charge in [-0.2, -0.15) is 0 Å². The summed E-state index contributed by atoms with van der Waals surface area (Å²) in [6, 6.07) is 0.390. The van der Waals surface area contributed by atoms with Crippen molar-refractivity contribution in [2.45, 2.75) is 52.1 Å². The van der Waals surface area contributed by atoms with E-state index in [0.29, 0.717) is 30.4 Å². The summed E-state index contributed by atoms with van der Waals surface area (Å²) in [5.41, 5.74) is 0. The fraction of sp³-hybridized carbons (Fsp3) is 0.800. The van der Waals surface area contributed by atoms with Gasteiger partial charge in [0.25, 0.3) is 0 Å². The highest BCUT2D eigenvalue weighted by Crippen LogP contribution is 2.38. The molecule has 0 aromatic heterocycles. The molecule has 2 aliphatic rings. The van der Waals surface area contributed by atoms with E-state index in [4.69, 9.17) is 4.74 Å². The number of cyclic esters (lactones) is 1. The second-order valence-corrected chi connectivity index (χ2v) is 6.18. The molecule has 0 bridgehead atoms. The molecule has 4 unspecified atom stereocenters. The lowest BCUT2D eigenvalue weighted by Gasteiger charge is -2.42. The van der Waals surface area contributed by atoms with Gasteiger partial charge in [0.2, 0.25) is 0 Å². The third kappa shape index (κ3) is 2.40. The molecule has 1 heterocycles. The Kier molecular flexibility index (Phi) is 3.98. The smallest absolute Gasteiger partial charge is 0.410 e. The molecule has 1 amide bonds. The fourth-order valence-electron chi connectivity index (χ4n) is 3.48. The normalized spacial score (nSPS) is 36.9. The van der Waals surface area contributed by atoms with Gasteiger partial charge >= 0.3 is 6.09 Å². The average Bonchev–Trinajstić information content (AvgIpc) is 2.69. The summed E-state index contributed by atoms with van der Waals surface area (Å²) in [5.74, 6) is 1.90. The molecule has 3 heteroatoms. The highest BCUT2D eigenvalue weighted by Gasteiger charge is 2.43. The highest BCUT2D eigenvalue weighted by atomic mass is 16.6. The molecular formula is C15H25NO2. The molecule has 18 heavy (non-hydrogen) atoms. The summed E-state index contributed by atoms with van der Waals surface area (Å²) < 4.78 is 5.20. The first-order chi connectivity index (χ1) is 8.54. The Labute approximate surface area is 110 Å². The molecule has 1 aliphatic heterocycles. The Balaban J connectivity index is 2.20. The van der Waals surface area contributed by atoms with E-state index < -0.39 is 0 Å². The highest BCUT2D eigenvalue weighted by molar-refractivity contribution is 5.71. The van der Waals surface area contributed by atoms with Gasteiger partial charge in [0.15, 0.2) is 0 Å². The average molecular weight is 251 g/mol. The predicted octanol–water partition coefficient (Wildman–Crippen LogP) is 3.45. The number of carbonyl (C=O) groups is 1. The zero-order valence-corrected chi connectivity index (χ0v) is 11.8. The third-order valence-electron chi connectivity index (χ3n) is 4.56. The molecule has 2 fully saturated rings. The van der Waals surface area contributed by atoms with Gasteiger partial charge < -0.3 is 4.74 Å². The van der Waals surface area contributed by atoms with Crippen LogP contribution < -0.4 is 0 Å². The van der Waals surface area contributed by atoms with Crippen molar-refractivity contribution in [2.75, 3.05) is 6.61 Å². The van der Waals surface area contributed by atoms with E-state index in [1.807, 2.05) is 11.0 Å². The van der Waals surface area contributed by atoms with Gasteiger partial charge in [-0.15, -0.1) is 6.58 Å². The maximum atomic E-state index is 12.0. The summed E-state index contributed by atoms with van der Waals surface area (Å²) >= 11 is 0. The molecule has 1 aliphatic carbocycles. The van der Waals surface area contributed by atoms with E-state index in [-0.39, 0.29) is 12.1 Å². The van der Waals surface area contributed by atoms with Crippen LogP contribution in [-0.2, 0) is 4.74 Å². The largest absolute Gasteiger partial charge is 0.447 e. The number of ether oxygens (including phenoxy) is 1. The molecule has 2 rings (SSSR count). The molecule has 1 saturated heterocycles. The van der Waals surface area contributed by atoms with Crippen LogP contribution in [-0.4, -0.2) is 29.7 Å². The Morgan fingerprint density at radius 1 is 1.44 bits per heavy atom. The number of nitrogens with zero attached hydrogens (tertiary/aromatic N) is 1. The minimum absolute atomic E-state index is 0.0639. The fourth-order valence-corrected chi connectivity index (χ4v) is 3.48. The molecule has 102 valence electrons. The topological polar surface area (TPSA) is 29.5 Å². The van der Waals surface area contributed by atoms with Crippen LogP contribution in [0.3, 0.4) is 0 Å². The minimum Gasteiger partial charge on any atom is -0.447 e. The van der Waals surface area contributed by atoms with Gasteiger partial charge in [-0.25, -0.2) is 4.79 Å². The summed E-state index contributed by atoms with van der Waals surface area (Å²) in [6.45, 7) is 11.1. The Bertz CT molecular complexity index is 326. The third-order valence-corrected chi connectivity index (χ3v) is 4.56. The second-order valence-electron chi connectivity index (χ2n) is 6.18. The first-order valence-corrected chi connectivity index (χ1v) is 7.12. The number of carbonyl (C=O) groups excluding carboxylic acids is 1. The molecular weight excluding hydrogens is 226 g/mol. The van der Waals surface area contributed by atoms with Crippen molar-refractivity contribution in [3.05, 3.63) is 12.7 Å². The van der Waals surface area contributed by atoms with Gasteiger partial charge in [0, 0.05) is 6.04 Å². The van der Waals surface area contributed by atoms with Gasteiger partial charge in [0.05, 0.1) is 6.04 Å². The molecule has 4 atom stereocenters.